The number of aryl methyl sites for hydroxylation is 2. The van der Waals surface area contributed by atoms with Gasteiger partial charge in [-0.2, -0.15) is 0 Å². The molecular formula is C23H23N3O2. The number of hydrogen-bond acceptors (Lipinski definition) is 4. The number of benzene rings is 2. The molecule has 4 heterocycles. The van der Waals surface area contributed by atoms with Crippen molar-refractivity contribution in [2.45, 2.75) is 32.5 Å². The van der Waals surface area contributed by atoms with Crippen LogP contribution in [0.15, 0.2) is 48.7 Å². The molecule has 0 radical (unpaired) electrons. The largest absolute Gasteiger partial charge is 0.371 e. The fourth-order valence-corrected chi connectivity index (χ4v) is 4.30. The molecule has 2 aromatic carbocycles. The van der Waals surface area contributed by atoms with Crippen molar-refractivity contribution < 1.29 is 9.53 Å². The lowest BCUT2D eigenvalue weighted by Crippen LogP contribution is -2.58. The van der Waals surface area contributed by atoms with Crippen LogP contribution < -0.4 is 5.32 Å². The number of carbonyl (C=O) groups is 1. The van der Waals surface area contributed by atoms with Crippen molar-refractivity contribution in [3.63, 3.8) is 0 Å². The topological polar surface area (TPSA) is 54.5 Å². The molecule has 0 spiro atoms. The fraction of sp³-hybridized carbons (Fsp3) is 0.304. The van der Waals surface area contributed by atoms with E-state index in [4.69, 9.17) is 4.74 Å². The molecule has 0 saturated carbocycles. The van der Waals surface area contributed by atoms with Crippen LogP contribution in [0.25, 0.3) is 10.8 Å². The molecule has 28 heavy (non-hydrogen) atoms. The van der Waals surface area contributed by atoms with Crippen LogP contribution >= 0.6 is 0 Å². The zero-order chi connectivity index (χ0) is 19.3. The van der Waals surface area contributed by atoms with Gasteiger partial charge in [0.25, 0.3) is 5.91 Å². The van der Waals surface area contributed by atoms with E-state index in [-0.39, 0.29) is 18.1 Å². The molecule has 3 saturated heterocycles. The SMILES string of the molecule is Cc1cccc(Nc2ncc(C(=O)N3CC4CC(C3)O4)c3c(C)cccc23)c1. The van der Waals surface area contributed by atoms with Crippen molar-refractivity contribution in [1.29, 1.82) is 0 Å². The molecule has 2 unspecified atom stereocenters. The number of morpholine rings is 1. The number of nitrogens with one attached hydrogen (secondary N) is 1. The molecule has 1 aromatic heterocycles. The highest BCUT2D eigenvalue weighted by molar-refractivity contribution is 6.10. The molecule has 3 aliphatic rings. The minimum absolute atomic E-state index is 0.0481. The minimum Gasteiger partial charge on any atom is -0.371 e. The van der Waals surface area contributed by atoms with E-state index in [0.717, 1.165) is 34.3 Å². The average Bonchev–Trinajstić information content (AvgIpc) is 2.68. The first-order chi connectivity index (χ1) is 13.6. The Morgan fingerprint density at radius 1 is 1.14 bits per heavy atom. The normalized spacial score (nSPS) is 20.7. The molecule has 2 atom stereocenters. The third-order valence-electron chi connectivity index (χ3n) is 5.68. The van der Waals surface area contributed by atoms with Crippen LogP contribution in [0.1, 0.15) is 27.9 Å². The summed E-state index contributed by atoms with van der Waals surface area (Å²) in [5.41, 5.74) is 3.92. The van der Waals surface area contributed by atoms with E-state index in [1.807, 2.05) is 42.2 Å². The highest BCUT2D eigenvalue weighted by Gasteiger charge is 2.40. The van der Waals surface area contributed by atoms with Gasteiger partial charge in [0.2, 0.25) is 0 Å². The fourth-order valence-electron chi connectivity index (χ4n) is 4.30. The van der Waals surface area contributed by atoms with Gasteiger partial charge in [-0.05, 0) is 37.1 Å². The number of pyridine rings is 1. The first-order valence-corrected chi connectivity index (χ1v) is 9.75. The van der Waals surface area contributed by atoms with Crippen LogP contribution in [0.3, 0.4) is 0 Å². The van der Waals surface area contributed by atoms with Crippen molar-refractivity contribution in [3.05, 3.63) is 65.4 Å². The summed E-state index contributed by atoms with van der Waals surface area (Å²) in [6, 6.07) is 14.3. The second kappa shape index (κ2) is 6.60. The van der Waals surface area contributed by atoms with E-state index in [9.17, 15) is 4.79 Å². The molecule has 5 nitrogen and oxygen atoms in total. The third kappa shape index (κ3) is 2.92. The lowest BCUT2D eigenvalue weighted by atomic mass is 9.96. The van der Waals surface area contributed by atoms with E-state index in [0.29, 0.717) is 18.7 Å². The van der Waals surface area contributed by atoms with E-state index < -0.39 is 0 Å². The molecule has 142 valence electrons. The molecule has 5 heteroatoms. The van der Waals surface area contributed by atoms with Crippen molar-refractivity contribution in [3.8, 4) is 0 Å². The van der Waals surface area contributed by atoms with Gasteiger partial charge in [-0.25, -0.2) is 4.98 Å². The van der Waals surface area contributed by atoms with Crippen LogP contribution in [0.5, 0.6) is 0 Å². The van der Waals surface area contributed by atoms with Gasteiger partial charge < -0.3 is 15.0 Å². The Bertz CT molecular complexity index is 1060. The predicted octanol–water partition coefficient (Wildman–Crippen LogP) is 4.21. The minimum atomic E-state index is 0.0481. The summed E-state index contributed by atoms with van der Waals surface area (Å²) in [4.78, 5) is 19.8. The maximum atomic E-state index is 13.3. The van der Waals surface area contributed by atoms with E-state index >= 15 is 0 Å². The number of ether oxygens (including phenoxy) is 1. The van der Waals surface area contributed by atoms with Gasteiger partial charge >= 0.3 is 0 Å². The zero-order valence-corrected chi connectivity index (χ0v) is 16.1. The van der Waals surface area contributed by atoms with Crippen molar-refractivity contribution >= 4 is 28.2 Å². The van der Waals surface area contributed by atoms with Gasteiger partial charge in [0.15, 0.2) is 0 Å². The van der Waals surface area contributed by atoms with E-state index in [1.54, 1.807) is 6.20 Å². The van der Waals surface area contributed by atoms with Crippen LogP contribution in [0, 0.1) is 13.8 Å². The average molecular weight is 373 g/mol. The molecule has 2 bridgehead atoms. The Labute approximate surface area is 164 Å². The second-order valence-electron chi connectivity index (χ2n) is 7.84. The van der Waals surface area contributed by atoms with Crippen molar-refractivity contribution in [2.75, 3.05) is 18.4 Å². The van der Waals surface area contributed by atoms with Gasteiger partial charge in [0.05, 0.1) is 17.8 Å². The number of fused-ring (bicyclic) bond motifs is 3. The first-order valence-electron chi connectivity index (χ1n) is 9.75. The molecule has 3 fully saturated rings. The third-order valence-corrected chi connectivity index (χ3v) is 5.68. The van der Waals surface area contributed by atoms with Crippen molar-refractivity contribution in [1.82, 2.24) is 9.88 Å². The maximum Gasteiger partial charge on any atom is 0.256 e. The zero-order valence-electron chi connectivity index (χ0n) is 16.1. The summed E-state index contributed by atoms with van der Waals surface area (Å²) in [6.45, 7) is 5.46. The first kappa shape index (κ1) is 17.2. The molecular weight excluding hydrogens is 350 g/mol. The molecule has 3 aliphatic heterocycles. The Morgan fingerprint density at radius 2 is 1.89 bits per heavy atom. The van der Waals surface area contributed by atoms with Gasteiger partial charge in [-0.15, -0.1) is 0 Å². The quantitative estimate of drug-likeness (QED) is 0.747. The van der Waals surface area contributed by atoms with Crippen LogP contribution in [-0.4, -0.2) is 41.1 Å². The van der Waals surface area contributed by atoms with Gasteiger partial charge in [0.1, 0.15) is 5.82 Å². The summed E-state index contributed by atoms with van der Waals surface area (Å²) in [7, 11) is 0. The predicted molar refractivity (Wildman–Crippen MR) is 110 cm³/mol. The summed E-state index contributed by atoms with van der Waals surface area (Å²) in [6.07, 6.45) is 3.19. The molecule has 0 aliphatic carbocycles. The highest BCUT2D eigenvalue weighted by atomic mass is 16.5. The number of carbonyl (C=O) groups excluding carboxylic acids is 1. The van der Waals surface area contributed by atoms with Crippen LogP contribution in [0.2, 0.25) is 0 Å². The lowest BCUT2D eigenvalue weighted by molar-refractivity contribution is -0.171. The summed E-state index contributed by atoms with van der Waals surface area (Å²) in [5, 5.41) is 5.35. The van der Waals surface area contributed by atoms with E-state index in [2.05, 4.69) is 29.4 Å². The summed E-state index contributed by atoms with van der Waals surface area (Å²) < 4.78 is 5.68. The van der Waals surface area contributed by atoms with Gasteiger partial charge in [-0.1, -0.05) is 30.3 Å². The summed E-state index contributed by atoms with van der Waals surface area (Å²) in [5.74, 6) is 0.817. The molecule has 1 amide bonds. The smallest absolute Gasteiger partial charge is 0.256 e. The number of hydrogen-bond donors (Lipinski definition) is 1. The van der Waals surface area contributed by atoms with Crippen LogP contribution in [-0.2, 0) is 4.74 Å². The monoisotopic (exact) mass is 373 g/mol. The number of amides is 1. The molecule has 6 rings (SSSR count). The maximum absolute atomic E-state index is 13.3. The molecule has 1 N–H and O–H groups in total. The molecule has 3 aromatic rings. The Balaban J connectivity index is 1.55. The van der Waals surface area contributed by atoms with Crippen molar-refractivity contribution in [2.24, 2.45) is 0 Å². The Kier molecular flexibility index (Phi) is 4.05. The Hall–Kier alpha value is -2.92. The van der Waals surface area contributed by atoms with Gasteiger partial charge in [-0.3, -0.25) is 4.79 Å². The van der Waals surface area contributed by atoms with Gasteiger partial charge in [0, 0.05) is 42.2 Å². The van der Waals surface area contributed by atoms with E-state index in [1.165, 1.54) is 5.56 Å². The summed E-state index contributed by atoms with van der Waals surface area (Å²) >= 11 is 0. The Morgan fingerprint density at radius 3 is 2.64 bits per heavy atom. The number of piperidine rings is 1. The highest BCUT2D eigenvalue weighted by Crippen LogP contribution is 2.33. The standard InChI is InChI=1S/C23H23N3O2/c1-14-5-3-7-16(9-14)25-22-19-8-4-6-15(2)21(19)20(11-24-22)23(27)26-12-17-10-18(13-26)28-17/h3-9,11,17-18H,10,12-13H2,1-2H3,(H,24,25). The number of anilines is 2. The number of aromatic nitrogens is 1. The van der Waals surface area contributed by atoms with Crippen LogP contribution in [0.4, 0.5) is 11.5 Å². The lowest BCUT2D eigenvalue weighted by Gasteiger charge is -2.47. The number of nitrogens with zero attached hydrogens (tertiary/aromatic N) is 2. The second-order valence-corrected chi connectivity index (χ2v) is 7.84. The number of rotatable bonds is 3.